The molecule has 0 saturated carbocycles. The summed E-state index contributed by atoms with van der Waals surface area (Å²) in [4.78, 5) is 2.21. The van der Waals surface area contributed by atoms with Crippen molar-refractivity contribution >= 4 is 0 Å². The zero-order valence-corrected chi connectivity index (χ0v) is 7.43. The van der Waals surface area contributed by atoms with E-state index in [4.69, 9.17) is 20.9 Å². The van der Waals surface area contributed by atoms with Gasteiger partial charge in [0.2, 0.25) is 0 Å². The van der Waals surface area contributed by atoms with E-state index >= 15 is 0 Å². The van der Waals surface area contributed by atoms with Crippen molar-refractivity contribution in [2.75, 3.05) is 6.61 Å². The lowest BCUT2D eigenvalue weighted by Crippen LogP contribution is -2.63. The molecule has 86 valence electrons. The quantitative estimate of drug-likeness (QED) is 0.253. The summed E-state index contributed by atoms with van der Waals surface area (Å²) >= 11 is 0. The standard InChI is InChI=1S/C6H10FN3O5/c7-6(14)4(13)3(12)2(1-11)15-5(6)9-10-8/h2-5,11-14H,1H2/t2-,3-,4+,5?,6-/m1/s1/i7-1. The number of rotatable bonds is 2. The van der Waals surface area contributed by atoms with Crippen molar-refractivity contribution in [3.8, 4) is 0 Å². The maximum atomic E-state index is 13.4. The molecule has 1 aliphatic heterocycles. The summed E-state index contributed by atoms with van der Waals surface area (Å²) in [6, 6.07) is 0. The summed E-state index contributed by atoms with van der Waals surface area (Å²) in [6.07, 6.45) is -7.38. The van der Waals surface area contributed by atoms with E-state index in [1.807, 2.05) is 0 Å². The van der Waals surface area contributed by atoms with E-state index in [1.54, 1.807) is 0 Å². The molecule has 15 heavy (non-hydrogen) atoms. The van der Waals surface area contributed by atoms with Crippen LogP contribution in [0.5, 0.6) is 0 Å². The van der Waals surface area contributed by atoms with Crippen LogP contribution >= 0.6 is 0 Å². The van der Waals surface area contributed by atoms with Crippen LogP contribution in [-0.2, 0) is 4.74 Å². The van der Waals surface area contributed by atoms with Crippen LogP contribution in [0.1, 0.15) is 0 Å². The Kier molecular flexibility index (Phi) is 3.45. The minimum Gasteiger partial charge on any atom is -0.394 e. The Hall–Kier alpha value is -0.960. The van der Waals surface area contributed by atoms with Crippen LogP contribution in [0.2, 0.25) is 0 Å². The lowest BCUT2D eigenvalue weighted by molar-refractivity contribution is -0.319. The molecule has 0 aromatic carbocycles. The first-order valence-electron chi connectivity index (χ1n) is 4.03. The first kappa shape index (κ1) is 12.1. The van der Waals surface area contributed by atoms with E-state index in [9.17, 15) is 9.50 Å². The van der Waals surface area contributed by atoms with Gasteiger partial charge in [0.1, 0.15) is 18.3 Å². The van der Waals surface area contributed by atoms with Gasteiger partial charge < -0.3 is 25.2 Å². The van der Waals surface area contributed by atoms with Crippen molar-refractivity contribution < 1.29 is 29.6 Å². The van der Waals surface area contributed by atoms with Crippen molar-refractivity contribution in [2.45, 2.75) is 30.4 Å². The van der Waals surface area contributed by atoms with Gasteiger partial charge in [0, 0.05) is 4.91 Å². The average molecular weight is 222 g/mol. The number of ether oxygens (including phenoxy) is 1. The molecule has 8 nitrogen and oxygen atoms in total. The fourth-order valence-electron chi connectivity index (χ4n) is 1.24. The summed E-state index contributed by atoms with van der Waals surface area (Å²) in [5, 5.41) is 38.9. The number of halogens is 1. The summed E-state index contributed by atoms with van der Waals surface area (Å²) in [7, 11) is 0. The predicted octanol–water partition coefficient (Wildman–Crippen LogP) is -1.61. The van der Waals surface area contributed by atoms with Gasteiger partial charge in [0.15, 0.2) is 6.23 Å². The molecule has 1 unspecified atom stereocenters. The van der Waals surface area contributed by atoms with Crippen LogP contribution in [0.3, 0.4) is 0 Å². The van der Waals surface area contributed by atoms with Crippen LogP contribution in [0, 0.1) is 0 Å². The molecule has 1 rings (SSSR count). The number of alkyl halides is 1. The molecule has 0 amide bonds. The molecule has 4 N–H and O–H groups in total. The zero-order chi connectivity index (χ0) is 11.6. The van der Waals surface area contributed by atoms with Crippen molar-refractivity contribution in [1.29, 1.82) is 0 Å². The number of hydrogen-bond donors (Lipinski definition) is 4. The minimum absolute atomic E-state index is 0.717. The second-order valence-electron chi connectivity index (χ2n) is 3.08. The third-order valence-electron chi connectivity index (χ3n) is 2.11. The summed E-state index contributed by atoms with van der Waals surface area (Å²) < 4.78 is 17.9. The molecule has 1 saturated heterocycles. The number of azide groups is 1. The molecule has 0 radical (unpaired) electrons. The third-order valence-corrected chi connectivity index (χ3v) is 2.11. The Morgan fingerprint density at radius 3 is 2.60 bits per heavy atom. The van der Waals surface area contributed by atoms with E-state index < -0.39 is 37.0 Å². The maximum absolute atomic E-state index is 13.4. The number of hydrogen-bond acceptors (Lipinski definition) is 6. The van der Waals surface area contributed by atoms with Gasteiger partial charge in [-0.25, -0.2) is 4.39 Å². The van der Waals surface area contributed by atoms with Crippen molar-refractivity contribution in [2.24, 2.45) is 5.11 Å². The van der Waals surface area contributed by atoms with Gasteiger partial charge in [0.05, 0.1) is 6.61 Å². The molecule has 9 heteroatoms. The molecular weight excluding hydrogens is 212 g/mol. The number of aliphatic hydroxyl groups is 4. The predicted molar refractivity (Wildman–Crippen MR) is 43.0 cm³/mol. The largest absolute Gasteiger partial charge is 0.394 e. The normalized spacial score (nSPS) is 45.9. The van der Waals surface area contributed by atoms with Gasteiger partial charge in [-0.15, -0.1) is 0 Å². The molecule has 0 spiro atoms. The molecule has 1 heterocycles. The molecule has 0 aliphatic carbocycles. The second kappa shape index (κ2) is 4.27. The number of nitrogens with zero attached hydrogens (tertiary/aromatic N) is 3. The van der Waals surface area contributed by atoms with Crippen LogP contribution in [0.25, 0.3) is 10.4 Å². The fourth-order valence-corrected chi connectivity index (χ4v) is 1.24. The van der Waals surface area contributed by atoms with E-state index in [-0.39, 0.29) is 0 Å². The van der Waals surface area contributed by atoms with Gasteiger partial charge in [-0.2, -0.15) is 0 Å². The van der Waals surface area contributed by atoms with Gasteiger partial charge in [-0.05, 0) is 5.53 Å². The Morgan fingerprint density at radius 2 is 2.13 bits per heavy atom. The smallest absolute Gasteiger partial charge is 0.267 e. The molecular formula is C6H10FN3O5. The Balaban J connectivity index is 2.95. The van der Waals surface area contributed by atoms with Gasteiger partial charge in [-0.1, -0.05) is 5.11 Å². The minimum atomic E-state index is -3.39. The monoisotopic (exact) mass is 222 g/mol. The molecule has 0 aromatic rings. The van der Waals surface area contributed by atoms with Crippen LogP contribution < -0.4 is 0 Å². The lowest BCUT2D eigenvalue weighted by atomic mass is 9.96. The molecule has 5 atom stereocenters. The molecule has 0 bridgehead atoms. The molecule has 1 aliphatic rings. The fraction of sp³-hybridized carbons (Fsp3) is 1.00. The SMILES string of the molecule is [N-]=[N+]=NC1O[C@H](CO)[C@@H](O)[C@H](O)[C@]1(O)[18F]. The van der Waals surface area contributed by atoms with Crippen LogP contribution in [-0.4, -0.2) is 57.4 Å². The highest BCUT2D eigenvalue weighted by Gasteiger charge is 2.55. The Bertz CT molecular complexity index is 282. The van der Waals surface area contributed by atoms with Gasteiger partial charge in [0.25, 0.3) is 5.85 Å². The van der Waals surface area contributed by atoms with Gasteiger partial charge in [-0.3, -0.25) is 0 Å². The van der Waals surface area contributed by atoms with E-state index in [0.29, 0.717) is 0 Å². The second-order valence-corrected chi connectivity index (χ2v) is 3.08. The summed E-state index contributed by atoms with van der Waals surface area (Å²) in [5.41, 5.74) is 8.06. The topological polar surface area (TPSA) is 139 Å². The van der Waals surface area contributed by atoms with Crippen LogP contribution in [0.4, 0.5) is 4.39 Å². The first-order chi connectivity index (χ1) is 6.95. The highest BCUT2D eigenvalue weighted by atomic mass is 18.2. The summed E-state index contributed by atoms with van der Waals surface area (Å²) in [6.45, 7) is -0.717. The van der Waals surface area contributed by atoms with Crippen molar-refractivity contribution in [3.63, 3.8) is 0 Å². The van der Waals surface area contributed by atoms with E-state index in [0.717, 1.165) is 0 Å². The number of aliphatic hydroxyl groups excluding tert-OH is 3. The van der Waals surface area contributed by atoms with E-state index in [1.165, 1.54) is 0 Å². The molecule has 0 aromatic heterocycles. The first-order valence-corrected chi connectivity index (χ1v) is 4.03. The zero-order valence-electron chi connectivity index (χ0n) is 7.43. The summed E-state index contributed by atoms with van der Waals surface area (Å²) in [5.74, 6) is -3.39. The molecule has 1 fully saturated rings. The van der Waals surface area contributed by atoms with Crippen molar-refractivity contribution in [3.05, 3.63) is 10.4 Å². The Labute approximate surface area is 83.1 Å². The average Bonchev–Trinajstić information content (AvgIpc) is 2.20. The highest BCUT2D eigenvalue weighted by Crippen LogP contribution is 2.31. The third kappa shape index (κ3) is 2.02. The lowest BCUT2D eigenvalue weighted by Gasteiger charge is -2.41. The maximum Gasteiger partial charge on any atom is 0.267 e. The van der Waals surface area contributed by atoms with Gasteiger partial charge >= 0.3 is 0 Å². The van der Waals surface area contributed by atoms with Crippen molar-refractivity contribution in [1.82, 2.24) is 0 Å². The Morgan fingerprint density at radius 1 is 1.53 bits per heavy atom. The van der Waals surface area contributed by atoms with E-state index in [2.05, 4.69) is 14.8 Å². The highest BCUT2D eigenvalue weighted by molar-refractivity contribution is 4.96. The van der Waals surface area contributed by atoms with Crippen LogP contribution in [0.15, 0.2) is 5.11 Å².